The minimum absolute atomic E-state index is 0.841. The predicted molar refractivity (Wildman–Crippen MR) is 207 cm³/mol. The number of aryl methyl sites for hydroxylation is 2. The smallest absolute Gasteiger partial charge is 0.0949 e. The SMILES string of the molecule is CCn1c2ccccc2c2cc(CN3CCN(Cc4cc5c6ccccc6n(CC)c5c(-c5ccccc5)n4)CC3)nc(-c3ccccc3)c21. The van der Waals surface area contributed by atoms with Gasteiger partial charge in [0.2, 0.25) is 0 Å². The summed E-state index contributed by atoms with van der Waals surface area (Å²) in [5.41, 5.74) is 11.8. The first-order valence-electron chi connectivity index (χ1n) is 18.1. The highest BCUT2D eigenvalue weighted by Crippen LogP contribution is 2.37. The fourth-order valence-corrected chi connectivity index (χ4v) is 8.23. The van der Waals surface area contributed by atoms with Crippen LogP contribution in [0.2, 0.25) is 0 Å². The highest BCUT2D eigenvalue weighted by Gasteiger charge is 2.23. The molecule has 0 saturated carbocycles. The Morgan fingerprint density at radius 1 is 0.460 bits per heavy atom. The van der Waals surface area contributed by atoms with Crippen LogP contribution in [0.5, 0.6) is 0 Å². The summed E-state index contributed by atoms with van der Waals surface area (Å²) in [6.07, 6.45) is 0. The van der Waals surface area contributed by atoms with Gasteiger partial charge in [-0.25, -0.2) is 9.97 Å². The van der Waals surface area contributed by atoms with Crippen LogP contribution in [0.15, 0.2) is 121 Å². The Labute approximate surface area is 293 Å². The molecule has 1 fully saturated rings. The van der Waals surface area contributed by atoms with E-state index in [1.807, 2.05) is 0 Å². The molecule has 1 saturated heterocycles. The normalized spacial score (nSPS) is 14.4. The molecular formula is C44H42N6. The summed E-state index contributed by atoms with van der Waals surface area (Å²) in [6, 6.07) is 43.7. The van der Waals surface area contributed by atoms with Gasteiger partial charge in [0.1, 0.15) is 0 Å². The van der Waals surface area contributed by atoms with Crippen molar-refractivity contribution in [3.63, 3.8) is 0 Å². The number of nitrogens with zero attached hydrogens (tertiary/aromatic N) is 6. The fraction of sp³-hybridized carbons (Fsp3) is 0.227. The lowest BCUT2D eigenvalue weighted by Gasteiger charge is -2.34. The highest BCUT2D eigenvalue weighted by atomic mass is 15.3. The van der Waals surface area contributed by atoms with Crippen molar-refractivity contribution in [3.05, 3.63) is 133 Å². The molecule has 9 rings (SSSR count). The van der Waals surface area contributed by atoms with Crippen LogP contribution in [0.25, 0.3) is 66.1 Å². The highest BCUT2D eigenvalue weighted by molar-refractivity contribution is 6.13. The molecule has 248 valence electrons. The van der Waals surface area contributed by atoms with Crippen molar-refractivity contribution in [1.29, 1.82) is 0 Å². The number of para-hydroxylation sites is 2. The number of benzene rings is 4. The Morgan fingerprint density at radius 3 is 1.24 bits per heavy atom. The van der Waals surface area contributed by atoms with Crippen LogP contribution in [0, 0.1) is 0 Å². The van der Waals surface area contributed by atoms with Crippen LogP contribution >= 0.6 is 0 Å². The van der Waals surface area contributed by atoms with Crippen molar-refractivity contribution < 1.29 is 0 Å². The number of fused-ring (bicyclic) bond motifs is 6. The van der Waals surface area contributed by atoms with E-state index in [-0.39, 0.29) is 0 Å². The summed E-state index contributed by atoms with van der Waals surface area (Å²) in [7, 11) is 0. The largest absolute Gasteiger partial charge is 0.339 e. The van der Waals surface area contributed by atoms with Gasteiger partial charge in [-0.2, -0.15) is 0 Å². The third-order valence-corrected chi connectivity index (χ3v) is 10.6. The van der Waals surface area contributed by atoms with Crippen LogP contribution in [0.3, 0.4) is 0 Å². The first-order chi connectivity index (χ1) is 24.7. The Morgan fingerprint density at radius 2 is 0.840 bits per heavy atom. The molecule has 6 nitrogen and oxygen atoms in total. The van der Waals surface area contributed by atoms with Crippen molar-refractivity contribution in [3.8, 4) is 22.5 Å². The first kappa shape index (κ1) is 30.7. The van der Waals surface area contributed by atoms with Crippen LogP contribution < -0.4 is 0 Å². The summed E-state index contributed by atoms with van der Waals surface area (Å²) in [4.78, 5) is 15.9. The van der Waals surface area contributed by atoms with Gasteiger partial charge in [-0.3, -0.25) is 9.80 Å². The Bertz CT molecular complexity index is 2290. The first-order valence-corrected chi connectivity index (χ1v) is 18.1. The van der Waals surface area contributed by atoms with Gasteiger partial charge in [0, 0.05) is 96.1 Å². The average molecular weight is 655 g/mol. The maximum atomic E-state index is 5.37. The molecular weight excluding hydrogens is 613 g/mol. The van der Waals surface area contributed by atoms with Gasteiger partial charge in [0.15, 0.2) is 0 Å². The van der Waals surface area contributed by atoms with Gasteiger partial charge in [-0.15, -0.1) is 0 Å². The number of rotatable bonds is 8. The van der Waals surface area contributed by atoms with Crippen molar-refractivity contribution >= 4 is 43.6 Å². The molecule has 0 atom stereocenters. The minimum Gasteiger partial charge on any atom is -0.339 e. The topological polar surface area (TPSA) is 42.1 Å². The van der Waals surface area contributed by atoms with Gasteiger partial charge < -0.3 is 9.13 Å². The Balaban J connectivity index is 1.00. The lowest BCUT2D eigenvalue weighted by atomic mass is 10.1. The Kier molecular flexibility index (Phi) is 7.91. The monoisotopic (exact) mass is 654 g/mol. The van der Waals surface area contributed by atoms with Crippen LogP contribution in [-0.2, 0) is 26.2 Å². The predicted octanol–water partition coefficient (Wildman–Crippen LogP) is 9.38. The van der Waals surface area contributed by atoms with E-state index >= 15 is 0 Å². The molecule has 0 unspecified atom stereocenters. The molecule has 50 heavy (non-hydrogen) atoms. The second-order valence-electron chi connectivity index (χ2n) is 13.5. The third kappa shape index (κ3) is 5.27. The lowest BCUT2D eigenvalue weighted by molar-refractivity contribution is 0.120. The number of hydrogen-bond donors (Lipinski definition) is 0. The van der Waals surface area contributed by atoms with E-state index in [0.29, 0.717) is 0 Å². The molecule has 4 aromatic heterocycles. The maximum Gasteiger partial charge on any atom is 0.0949 e. The van der Waals surface area contributed by atoms with Crippen molar-refractivity contribution in [1.82, 2.24) is 28.9 Å². The average Bonchev–Trinajstić information content (AvgIpc) is 3.68. The molecule has 0 amide bonds. The zero-order chi connectivity index (χ0) is 33.6. The Hall–Kier alpha value is -5.30. The standard InChI is InChI=1S/C44H42N6/c1-3-49-39-21-13-11-19-35(39)37-27-33(45-41(43(37)49)31-15-7-5-8-16-31)29-47-23-25-48(26-24-47)30-34-28-38-36-20-12-14-22-40(36)50(4-2)44(38)42(46-34)32-17-9-6-10-18-32/h5-22,27-28H,3-4,23-26,29-30H2,1-2H3. The van der Waals surface area contributed by atoms with Crippen molar-refractivity contribution in [2.75, 3.05) is 26.2 Å². The summed E-state index contributed by atoms with van der Waals surface area (Å²) < 4.78 is 4.86. The zero-order valence-electron chi connectivity index (χ0n) is 28.9. The van der Waals surface area contributed by atoms with Crippen LogP contribution in [0.4, 0.5) is 0 Å². The van der Waals surface area contributed by atoms with E-state index in [0.717, 1.165) is 75.1 Å². The molecule has 1 aliphatic rings. The number of aromatic nitrogens is 4. The summed E-state index contributed by atoms with van der Waals surface area (Å²) >= 11 is 0. The van der Waals surface area contributed by atoms with E-state index in [9.17, 15) is 0 Å². The molecule has 5 heterocycles. The van der Waals surface area contributed by atoms with Gasteiger partial charge in [0.05, 0.1) is 33.8 Å². The number of piperazine rings is 1. The number of hydrogen-bond acceptors (Lipinski definition) is 4. The molecule has 0 spiro atoms. The van der Waals surface area contributed by atoms with Crippen molar-refractivity contribution in [2.45, 2.75) is 40.0 Å². The van der Waals surface area contributed by atoms with E-state index in [1.165, 1.54) is 54.7 Å². The van der Waals surface area contributed by atoms with Gasteiger partial charge >= 0.3 is 0 Å². The second-order valence-corrected chi connectivity index (χ2v) is 13.5. The van der Waals surface area contributed by atoms with E-state index < -0.39 is 0 Å². The molecule has 0 N–H and O–H groups in total. The lowest BCUT2D eigenvalue weighted by Crippen LogP contribution is -2.45. The molecule has 1 aliphatic heterocycles. The summed E-state index contributed by atoms with van der Waals surface area (Å²) in [6.45, 7) is 12.0. The quantitative estimate of drug-likeness (QED) is 0.164. The zero-order valence-corrected chi connectivity index (χ0v) is 28.9. The fourth-order valence-electron chi connectivity index (χ4n) is 8.23. The molecule has 8 aromatic rings. The van der Waals surface area contributed by atoms with Gasteiger partial charge in [0.25, 0.3) is 0 Å². The van der Waals surface area contributed by atoms with Crippen molar-refractivity contribution in [2.24, 2.45) is 0 Å². The van der Waals surface area contributed by atoms with Gasteiger partial charge in [-0.1, -0.05) is 97.1 Å². The minimum atomic E-state index is 0.841. The van der Waals surface area contributed by atoms with E-state index in [2.05, 4.69) is 154 Å². The number of pyridine rings is 2. The van der Waals surface area contributed by atoms with E-state index in [1.54, 1.807) is 0 Å². The van der Waals surface area contributed by atoms with Crippen LogP contribution in [-0.4, -0.2) is 55.1 Å². The second kappa shape index (κ2) is 12.9. The third-order valence-electron chi connectivity index (χ3n) is 10.6. The maximum absolute atomic E-state index is 5.37. The molecule has 4 aromatic carbocycles. The molecule has 0 radical (unpaired) electrons. The summed E-state index contributed by atoms with van der Waals surface area (Å²) in [5.74, 6) is 0. The molecule has 0 aliphatic carbocycles. The summed E-state index contributed by atoms with van der Waals surface area (Å²) in [5, 5.41) is 5.20. The van der Waals surface area contributed by atoms with Crippen LogP contribution in [0.1, 0.15) is 25.2 Å². The van der Waals surface area contributed by atoms with Gasteiger partial charge in [-0.05, 0) is 38.1 Å². The molecule has 6 heteroatoms. The van der Waals surface area contributed by atoms with E-state index in [4.69, 9.17) is 9.97 Å². The molecule has 0 bridgehead atoms.